The van der Waals surface area contributed by atoms with Gasteiger partial charge in [0.05, 0.1) is 12.8 Å². The van der Waals surface area contributed by atoms with Crippen molar-refractivity contribution >= 4 is 11.4 Å². The zero-order chi connectivity index (χ0) is 14.5. The van der Waals surface area contributed by atoms with E-state index in [4.69, 9.17) is 15.7 Å². The third-order valence-corrected chi connectivity index (χ3v) is 2.90. The van der Waals surface area contributed by atoms with Gasteiger partial charge >= 0.3 is 0 Å². The van der Waals surface area contributed by atoms with Gasteiger partial charge in [-0.25, -0.2) is 4.39 Å². The maximum Gasteiger partial charge on any atom is 0.143 e. The van der Waals surface area contributed by atoms with Gasteiger partial charge in [-0.2, -0.15) is 5.26 Å². The van der Waals surface area contributed by atoms with Gasteiger partial charge < -0.3 is 15.8 Å². The lowest BCUT2D eigenvalue weighted by atomic mass is 10.1. The summed E-state index contributed by atoms with van der Waals surface area (Å²) in [5, 5.41) is 12.0. The molecule has 0 amide bonds. The summed E-state index contributed by atoms with van der Waals surface area (Å²) in [6.45, 7) is 0.381. The van der Waals surface area contributed by atoms with E-state index in [1.54, 1.807) is 37.4 Å². The minimum atomic E-state index is -0.544. The van der Waals surface area contributed by atoms with Crippen LogP contribution in [0.5, 0.6) is 5.75 Å². The lowest BCUT2D eigenvalue weighted by Gasteiger charge is -2.12. The molecule has 0 aliphatic heterocycles. The number of nitrogens with zero attached hydrogens (tertiary/aromatic N) is 1. The Labute approximate surface area is 116 Å². The number of nitrogen functional groups attached to an aromatic ring is 1. The molecule has 2 rings (SSSR count). The van der Waals surface area contributed by atoms with Crippen LogP contribution >= 0.6 is 0 Å². The molecular formula is C15H14FN3O. The number of nitrogens with two attached hydrogens (primary N) is 1. The predicted octanol–water partition coefficient (Wildman–Crippen LogP) is 2.90. The molecule has 0 unspecified atom stereocenters. The fraction of sp³-hybridized carbons (Fsp3) is 0.133. The molecule has 2 aromatic carbocycles. The average Bonchev–Trinajstić information content (AvgIpc) is 2.45. The fourth-order valence-corrected chi connectivity index (χ4v) is 1.91. The van der Waals surface area contributed by atoms with E-state index in [9.17, 15) is 4.39 Å². The summed E-state index contributed by atoms with van der Waals surface area (Å²) < 4.78 is 18.7. The Hall–Kier alpha value is -2.74. The lowest BCUT2D eigenvalue weighted by Crippen LogP contribution is -2.04. The van der Waals surface area contributed by atoms with E-state index in [0.717, 1.165) is 5.56 Å². The first-order valence-corrected chi connectivity index (χ1v) is 6.00. The van der Waals surface area contributed by atoms with Crippen LogP contribution in [0.3, 0.4) is 0 Å². The quantitative estimate of drug-likeness (QED) is 0.839. The van der Waals surface area contributed by atoms with Crippen molar-refractivity contribution in [3.63, 3.8) is 0 Å². The number of rotatable bonds is 4. The normalized spacial score (nSPS) is 9.85. The Morgan fingerprint density at radius 1 is 1.35 bits per heavy atom. The molecule has 0 heterocycles. The maximum absolute atomic E-state index is 13.5. The first-order valence-electron chi connectivity index (χ1n) is 6.00. The number of benzene rings is 2. The second-order valence-corrected chi connectivity index (χ2v) is 4.20. The molecule has 0 radical (unpaired) electrons. The first-order chi connectivity index (χ1) is 9.65. The molecular weight excluding hydrogens is 257 g/mol. The van der Waals surface area contributed by atoms with E-state index in [2.05, 4.69) is 5.32 Å². The van der Waals surface area contributed by atoms with Crippen molar-refractivity contribution in [3.05, 3.63) is 53.3 Å². The fourth-order valence-electron chi connectivity index (χ4n) is 1.91. The van der Waals surface area contributed by atoms with Gasteiger partial charge in [0.2, 0.25) is 0 Å². The molecule has 0 aromatic heterocycles. The van der Waals surface area contributed by atoms with E-state index >= 15 is 0 Å². The topological polar surface area (TPSA) is 71.1 Å². The zero-order valence-electron chi connectivity index (χ0n) is 11.0. The van der Waals surface area contributed by atoms with Crippen LogP contribution in [0.4, 0.5) is 15.8 Å². The van der Waals surface area contributed by atoms with Crippen LogP contribution in [0.1, 0.15) is 11.1 Å². The number of halogens is 1. The number of ether oxygens (including phenoxy) is 1. The number of anilines is 2. The average molecular weight is 271 g/mol. The lowest BCUT2D eigenvalue weighted by molar-refractivity contribution is 0.410. The van der Waals surface area contributed by atoms with Crippen LogP contribution < -0.4 is 15.8 Å². The molecule has 0 aliphatic rings. The molecule has 5 heteroatoms. The largest absolute Gasteiger partial charge is 0.496 e. The van der Waals surface area contributed by atoms with Crippen molar-refractivity contribution in [3.8, 4) is 11.8 Å². The Morgan fingerprint density at radius 2 is 2.15 bits per heavy atom. The van der Waals surface area contributed by atoms with Gasteiger partial charge in [0.1, 0.15) is 23.2 Å². The van der Waals surface area contributed by atoms with Gasteiger partial charge in [-0.05, 0) is 30.3 Å². The molecule has 0 aliphatic carbocycles. The number of hydrogen-bond acceptors (Lipinski definition) is 4. The summed E-state index contributed by atoms with van der Waals surface area (Å²) in [7, 11) is 1.57. The van der Waals surface area contributed by atoms with E-state index < -0.39 is 5.82 Å². The highest BCUT2D eigenvalue weighted by atomic mass is 19.1. The molecule has 20 heavy (non-hydrogen) atoms. The Morgan fingerprint density at radius 3 is 2.85 bits per heavy atom. The zero-order valence-corrected chi connectivity index (χ0v) is 11.0. The Bertz CT molecular complexity index is 665. The molecule has 0 atom stereocenters. The van der Waals surface area contributed by atoms with Gasteiger partial charge in [0, 0.05) is 17.8 Å². The van der Waals surface area contributed by atoms with Crippen LogP contribution in [-0.4, -0.2) is 7.11 Å². The summed E-state index contributed by atoms with van der Waals surface area (Å²) in [5.74, 6) is 0.138. The highest BCUT2D eigenvalue weighted by Gasteiger charge is 2.09. The van der Waals surface area contributed by atoms with Crippen LogP contribution in [0.25, 0.3) is 0 Å². The van der Waals surface area contributed by atoms with E-state index in [1.165, 1.54) is 6.07 Å². The number of nitrogens with one attached hydrogen (secondary N) is 1. The highest BCUT2D eigenvalue weighted by molar-refractivity contribution is 5.59. The van der Waals surface area contributed by atoms with Crippen molar-refractivity contribution in [2.75, 3.05) is 18.2 Å². The van der Waals surface area contributed by atoms with Gasteiger partial charge in [0.25, 0.3) is 0 Å². The third kappa shape index (κ3) is 2.81. The van der Waals surface area contributed by atoms with Gasteiger partial charge in [-0.1, -0.05) is 6.07 Å². The van der Waals surface area contributed by atoms with Crippen molar-refractivity contribution in [2.45, 2.75) is 6.54 Å². The second kappa shape index (κ2) is 5.93. The second-order valence-electron chi connectivity index (χ2n) is 4.20. The summed E-state index contributed by atoms with van der Waals surface area (Å²) in [6, 6.07) is 11.6. The minimum Gasteiger partial charge on any atom is -0.496 e. The van der Waals surface area contributed by atoms with Crippen molar-refractivity contribution < 1.29 is 9.13 Å². The van der Waals surface area contributed by atoms with Gasteiger partial charge in [-0.3, -0.25) is 0 Å². The molecule has 3 N–H and O–H groups in total. The Balaban J connectivity index is 2.24. The summed E-state index contributed by atoms with van der Waals surface area (Å²) in [4.78, 5) is 0. The summed E-state index contributed by atoms with van der Waals surface area (Å²) in [5.41, 5.74) is 7.62. The van der Waals surface area contributed by atoms with Crippen LogP contribution in [0.2, 0.25) is 0 Å². The number of hydrogen-bond donors (Lipinski definition) is 2. The summed E-state index contributed by atoms with van der Waals surface area (Å²) >= 11 is 0. The SMILES string of the molecule is COc1ccc(N)cc1CNc1cccc(F)c1C#N. The monoisotopic (exact) mass is 271 g/mol. The van der Waals surface area contributed by atoms with E-state index in [0.29, 0.717) is 23.7 Å². The molecule has 0 saturated carbocycles. The van der Waals surface area contributed by atoms with Crippen LogP contribution in [0.15, 0.2) is 36.4 Å². The van der Waals surface area contributed by atoms with E-state index in [-0.39, 0.29) is 5.56 Å². The van der Waals surface area contributed by atoms with Gasteiger partial charge in [-0.15, -0.1) is 0 Å². The smallest absolute Gasteiger partial charge is 0.143 e. The predicted molar refractivity (Wildman–Crippen MR) is 75.8 cm³/mol. The van der Waals surface area contributed by atoms with Crippen molar-refractivity contribution in [1.82, 2.24) is 0 Å². The van der Waals surface area contributed by atoms with Crippen molar-refractivity contribution in [1.29, 1.82) is 5.26 Å². The molecule has 4 nitrogen and oxygen atoms in total. The molecule has 2 aromatic rings. The molecule has 0 spiro atoms. The minimum absolute atomic E-state index is 0.00429. The van der Waals surface area contributed by atoms with Gasteiger partial charge in [0.15, 0.2) is 0 Å². The number of methoxy groups -OCH3 is 1. The Kier molecular flexibility index (Phi) is 4.06. The highest BCUT2D eigenvalue weighted by Crippen LogP contribution is 2.24. The van der Waals surface area contributed by atoms with Crippen molar-refractivity contribution in [2.24, 2.45) is 0 Å². The number of nitriles is 1. The first kappa shape index (κ1) is 13.7. The molecule has 0 saturated heterocycles. The molecule has 0 fully saturated rings. The van der Waals surface area contributed by atoms with Crippen LogP contribution in [-0.2, 0) is 6.54 Å². The maximum atomic E-state index is 13.5. The van der Waals surface area contributed by atoms with E-state index in [1.807, 2.05) is 6.07 Å². The molecule has 0 bridgehead atoms. The van der Waals surface area contributed by atoms with Crippen LogP contribution in [0, 0.1) is 17.1 Å². The third-order valence-electron chi connectivity index (χ3n) is 2.90. The molecule has 102 valence electrons. The summed E-state index contributed by atoms with van der Waals surface area (Å²) in [6.07, 6.45) is 0. The standard InChI is InChI=1S/C15H14FN3O/c1-20-15-6-5-11(18)7-10(15)9-19-14-4-2-3-13(16)12(14)8-17/h2-7,19H,9,18H2,1H3.